The molecule has 0 amide bonds. The third-order valence-corrected chi connectivity index (χ3v) is 3.18. The molecular formula is C20H28N4O4. The van der Waals surface area contributed by atoms with Gasteiger partial charge in [-0.15, -0.1) is 0 Å². The highest BCUT2D eigenvalue weighted by Gasteiger charge is 1.94. The van der Waals surface area contributed by atoms with Crippen LogP contribution in [0.2, 0.25) is 0 Å². The standard InChI is InChI=1S/2C8H12N2.C4H4O4/c2*1-3-7-4-6(2)5-8(9)10-7;5-3(6)1-2-4(7)8/h2*4-5H,3H2,1-2H3,(H2,9,10);1-2H,(H,5,6)(H,7,8)/b;;2-1+. The van der Waals surface area contributed by atoms with Gasteiger partial charge in [0.25, 0.3) is 0 Å². The number of aryl methyl sites for hydroxylation is 4. The molecule has 2 aromatic rings. The van der Waals surface area contributed by atoms with Crippen LogP contribution in [0.15, 0.2) is 36.4 Å². The molecule has 152 valence electrons. The highest BCUT2D eigenvalue weighted by Crippen LogP contribution is 2.06. The maximum Gasteiger partial charge on any atom is 0.328 e. The fourth-order valence-electron chi connectivity index (χ4n) is 2.04. The number of carbonyl (C=O) groups is 2. The molecule has 6 N–H and O–H groups in total. The molecule has 0 atom stereocenters. The number of carboxylic acids is 2. The van der Waals surface area contributed by atoms with Crippen LogP contribution in [0.3, 0.4) is 0 Å². The monoisotopic (exact) mass is 388 g/mol. The second kappa shape index (κ2) is 12.9. The molecule has 0 unspecified atom stereocenters. The van der Waals surface area contributed by atoms with Gasteiger partial charge in [-0.2, -0.15) is 0 Å². The molecule has 2 aromatic heterocycles. The zero-order valence-electron chi connectivity index (χ0n) is 16.6. The van der Waals surface area contributed by atoms with Crippen molar-refractivity contribution in [3.63, 3.8) is 0 Å². The van der Waals surface area contributed by atoms with E-state index < -0.39 is 11.9 Å². The van der Waals surface area contributed by atoms with Gasteiger partial charge < -0.3 is 21.7 Å². The van der Waals surface area contributed by atoms with Gasteiger partial charge in [-0.3, -0.25) is 0 Å². The Kier molecular flexibility index (Phi) is 11.3. The second-order valence-corrected chi connectivity index (χ2v) is 5.84. The summed E-state index contributed by atoms with van der Waals surface area (Å²) < 4.78 is 0. The summed E-state index contributed by atoms with van der Waals surface area (Å²) in [5.74, 6) is -1.27. The maximum absolute atomic E-state index is 9.55. The first-order valence-electron chi connectivity index (χ1n) is 8.67. The number of hydrogen-bond donors (Lipinski definition) is 4. The Bertz CT molecular complexity index is 712. The van der Waals surface area contributed by atoms with E-state index in [1.165, 1.54) is 11.1 Å². The van der Waals surface area contributed by atoms with Crippen molar-refractivity contribution >= 4 is 23.6 Å². The molecule has 8 heteroatoms. The molecule has 0 aliphatic carbocycles. The molecule has 0 bridgehead atoms. The lowest BCUT2D eigenvalue weighted by atomic mass is 10.2. The van der Waals surface area contributed by atoms with Gasteiger partial charge >= 0.3 is 11.9 Å². The molecule has 2 rings (SSSR count). The summed E-state index contributed by atoms with van der Waals surface area (Å²) in [5, 5.41) is 15.6. The van der Waals surface area contributed by atoms with E-state index in [1.807, 2.05) is 26.0 Å². The van der Waals surface area contributed by atoms with Gasteiger partial charge in [0.15, 0.2) is 0 Å². The van der Waals surface area contributed by atoms with Crippen molar-refractivity contribution in [1.82, 2.24) is 9.97 Å². The number of nitrogen functional groups attached to an aromatic ring is 2. The minimum absolute atomic E-state index is 0.558. The molecule has 0 aromatic carbocycles. The van der Waals surface area contributed by atoms with Crippen LogP contribution in [0.4, 0.5) is 11.6 Å². The summed E-state index contributed by atoms with van der Waals surface area (Å²) in [7, 11) is 0. The van der Waals surface area contributed by atoms with Crippen LogP contribution >= 0.6 is 0 Å². The molecule has 0 saturated heterocycles. The first kappa shape index (κ1) is 24.6. The topological polar surface area (TPSA) is 152 Å². The second-order valence-electron chi connectivity index (χ2n) is 5.84. The fourth-order valence-corrected chi connectivity index (χ4v) is 2.04. The smallest absolute Gasteiger partial charge is 0.328 e. The zero-order chi connectivity index (χ0) is 21.7. The van der Waals surface area contributed by atoms with Crippen LogP contribution in [0.1, 0.15) is 36.4 Å². The molecule has 0 spiro atoms. The molecule has 0 aliphatic heterocycles. The van der Waals surface area contributed by atoms with Crippen LogP contribution in [-0.4, -0.2) is 32.1 Å². The summed E-state index contributed by atoms with van der Waals surface area (Å²) >= 11 is 0. The van der Waals surface area contributed by atoms with Gasteiger partial charge in [0.2, 0.25) is 0 Å². The molecule has 2 heterocycles. The van der Waals surface area contributed by atoms with Gasteiger partial charge in [0.1, 0.15) is 11.6 Å². The molecule has 0 fully saturated rings. The molecular weight excluding hydrogens is 360 g/mol. The zero-order valence-corrected chi connectivity index (χ0v) is 16.6. The van der Waals surface area contributed by atoms with E-state index in [0.717, 1.165) is 24.2 Å². The number of pyridine rings is 2. The van der Waals surface area contributed by atoms with Crippen molar-refractivity contribution in [2.75, 3.05) is 11.5 Å². The van der Waals surface area contributed by atoms with Crippen molar-refractivity contribution < 1.29 is 19.8 Å². The minimum Gasteiger partial charge on any atom is -0.478 e. The van der Waals surface area contributed by atoms with Crippen LogP contribution < -0.4 is 11.5 Å². The number of anilines is 2. The van der Waals surface area contributed by atoms with Crippen LogP contribution in [0.5, 0.6) is 0 Å². The number of carboxylic acid groups (broad SMARTS) is 2. The highest BCUT2D eigenvalue weighted by atomic mass is 16.4. The SMILES string of the molecule is CCc1cc(C)cc(N)n1.CCc1cc(C)cc(N)n1.O=C(O)/C=C/C(=O)O. The van der Waals surface area contributed by atoms with Crippen LogP contribution in [0, 0.1) is 13.8 Å². The first-order valence-corrected chi connectivity index (χ1v) is 8.67. The van der Waals surface area contributed by atoms with E-state index in [2.05, 4.69) is 35.9 Å². The summed E-state index contributed by atoms with van der Waals surface area (Å²) in [5.41, 5.74) is 15.6. The average molecular weight is 388 g/mol. The Balaban J connectivity index is 0.000000394. The third kappa shape index (κ3) is 12.0. The van der Waals surface area contributed by atoms with Crippen LogP contribution in [-0.2, 0) is 22.4 Å². The Morgan fingerprint density at radius 3 is 1.36 bits per heavy atom. The summed E-state index contributed by atoms with van der Waals surface area (Å²) in [6.45, 7) is 8.19. The molecule has 0 aliphatic rings. The van der Waals surface area contributed by atoms with Crippen molar-refractivity contribution in [3.05, 3.63) is 58.9 Å². The van der Waals surface area contributed by atoms with E-state index >= 15 is 0 Å². The number of rotatable bonds is 4. The summed E-state index contributed by atoms with van der Waals surface area (Å²) in [4.78, 5) is 27.4. The fraction of sp³-hybridized carbons (Fsp3) is 0.300. The van der Waals surface area contributed by atoms with E-state index in [1.54, 1.807) is 0 Å². The first-order chi connectivity index (χ1) is 13.1. The van der Waals surface area contributed by atoms with E-state index in [9.17, 15) is 9.59 Å². The molecule has 28 heavy (non-hydrogen) atoms. The van der Waals surface area contributed by atoms with E-state index in [-0.39, 0.29) is 0 Å². The Morgan fingerprint density at radius 1 is 0.821 bits per heavy atom. The van der Waals surface area contributed by atoms with E-state index in [4.69, 9.17) is 21.7 Å². The third-order valence-electron chi connectivity index (χ3n) is 3.18. The molecule has 8 nitrogen and oxygen atoms in total. The van der Waals surface area contributed by atoms with Gasteiger partial charge in [-0.25, -0.2) is 19.6 Å². The van der Waals surface area contributed by atoms with E-state index in [0.29, 0.717) is 23.8 Å². The van der Waals surface area contributed by atoms with Crippen molar-refractivity contribution in [1.29, 1.82) is 0 Å². The Morgan fingerprint density at radius 2 is 1.14 bits per heavy atom. The summed E-state index contributed by atoms with van der Waals surface area (Å²) in [6, 6.07) is 7.85. The molecule has 0 saturated carbocycles. The number of nitrogens with zero attached hydrogens (tertiary/aromatic N) is 2. The lowest BCUT2D eigenvalue weighted by Crippen LogP contribution is -1.95. The normalized spacial score (nSPS) is 9.71. The quantitative estimate of drug-likeness (QED) is 0.583. The van der Waals surface area contributed by atoms with Gasteiger partial charge in [-0.05, 0) is 62.1 Å². The van der Waals surface area contributed by atoms with Crippen molar-refractivity contribution in [2.24, 2.45) is 0 Å². The van der Waals surface area contributed by atoms with Crippen LogP contribution in [0.25, 0.3) is 0 Å². The highest BCUT2D eigenvalue weighted by molar-refractivity contribution is 5.89. The average Bonchev–Trinajstić information content (AvgIpc) is 2.59. The van der Waals surface area contributed by atoms with Crippen molar-refractivity contribution in [3.8, 4) is 0 Å². The number of aromatic nitrogens is 2. The lowest BCUT2D eigenvalue weighted by Gasteiger charge is -1.99. The number of hydrogen-bond acceptors (Lipinski definition) is 6. The van der Waals surface area contributed by atoms with Gasteiger partial charge in [-0.1, -0.05) is 13.8 Å². The Labute approximate surface area is 164 Å². The maximum atomic E-state index is 9.55. The Hall–Kier alpha value is -3.42. The predicted octanol–water partition coefficient (Wildman–Crippen LogP) is 2.78. The van der Waals surface area contributed by atoms with Gasteiger partial charge in [0, 0.05) is 23.5 Å². The van der Waals surface area contributed by atoms with Gasteiger partial charge in [0.05, 0.1) is 0 Å². The lowest BCUT2D eigenvalue weighted by molar-refractivity contribution is -0.134. The minimum atomic E-state index is -1.26. The number of aliphatic carboxylic acids is 2. The largest absolute Gasteiger partial charge is 0.478 e. The predicted molar refractivity (Wildman–Crippen MR) is 110 cm³/mol. The molecule has 0 radical (unpaired) electrons. The summed E-state index contributed by atoms with van der Waals surface area (Å²) in [6.07, 6.45) is 3.02. The van der Waals surface area contributed by atoms with Crippen molar-refractivity contribution in [2.45, 2.75) is 40.5 Å². The number of nitrogens with two attached hydrogens (primary N) is 2.